The van der Waals surface area contributed by atoms with E-state index in [2.05, 4.69) is 16.9 Å². The van der Waals surface area contributed by atoms with Gasteiger partial charge in [0.15, 0.2) is 0 Å². The molecule has 1 aliphatic carbocycles. The van der Waals surface area contributed by atoms with E-state index in [9.17, 15) is 0 Å². The van der Waals surface area contributed by atoms with Crippen LogP contribution in [0.3, 0.4) is 0 Å². The smallest absolute Gasteiger partial charge is 0.222 e. The number of rotatable bonds is 4. The Morgan fingerprint density at radius 1 is 1.26 bits per heavy atom. The highest BCUT2D eigenvalue weighted by atomic mass is 16.5. The number of ether oxygens (including phenoxy) is 1. The van der Waals surface area contributed by atoms with E-state index in [0.29, 0.717) is 11.7 Å². The van der Waals surface area contributed by atoms with Crippen LogP contribution in [0.25, 0.3) is 0 Å². The predicted molar refractivity (Wildman–Crippen MR) is 77.2 cm³/mol. The summed E-state index contributed by atoms with van der Waals surface area (Å²) in [5, 5.41) is 0. The number of anilines is 1. The fraction of sp³-hybridized carbons (Fsp3) is 0.733. The first-order valence-electron chi connectivity index (χ1n) is 7.43. The van der Waals surface area contributed by atoms with E-state index in [4.69, 9.17) is 10.5 Å². The van der Waals surface area contributed by atoms with Gasteiger partial charge in [0.1, 0.15) is 17.7 Å². The topological polar surface area (TPSA) is 61.0 Å². The second-order valence-corrected chi connectivity index (χ2v) is 5.49. The summed E-state index contributed by atoms with van der Waals surface area (Å²) in [7, 11) is 0. The highest BCUT2D eigenvalue weighted by molar-refractivity contribution is 5.44. The van der Waals surface area contributed by atoms with Gasteiger partial charge in [-0.05, 0) is 32.1 Å². The minimum atomic E-state index is 0.288. The molecule has 1 aromatic heterocycles. The number of hydrogen-bond donors (Lipinski definition) is 1. The van der Waals surface area contributed by atoms with Crippen LogP contribution < -0.4 is 10.5 Å². The van der Waals surface area contributed by atoms with E-state index in [-0.39, 0.29) is 6.10 Å². The summed E-state index contributed by atoms with van der Waals surface area (Å²) in [6.07, 6.45) is 7.16. The second kappa shape index (κ2) is 6.22. The van der Waals surface area contributed by atoms with E-state index in [1.165, 1.54) is 19.3 Å². The third-order valence-corrected chi connectivity index (χ3v) is 4.09. The summed E-state index contributed by atoms with van der Waals surface area (Å²) in [5.74, 6) is 2.79. The minimum absolute atomic E-state index is 0.288. The summed E-state index contributed by atoms with van der Waals surface area (Å²) < 4.78 is 6.11. The first-order chi connectivity index (χ1) is 9.13. The van der Waals surface area contributed by atoms with Gasteiger partial charge in [-0.15, -0.1) is 0 Å². The van der Waals surface area contributed by atoms with Crippen molar-refractivity contribution in [1.82, 2.24) is 9.97 Å². The molecule has 2 N–H and O–H groups in total. The Morgan fingerprint density at radius 2 is 2.05 bits per heavy atom. The molecule has 106 valence electrons. The lowest BCUT2D eigenvalue weighted by Crippen LogP contribution is -2.26. The molecule has 0 radical (unpaired) electrons. The van der Waals surface area contributed by atoms with Crippen LogP contribution in [-0.2, 0) is 6.42 Å². The molecule has 0 aliphatic heterocycles. The average molecular weight is 263 g/mol. The van der Waals surface area contributed by atoms with E-state index >= 15 is 0 Å². The number of hydrogen-bond acceptors (Lipinski definition) is 4. The summed E-state index contributed by atoms with van der Waals surface area (Å²) in [4.78, 5) is 8.75. The maximum Gasteiger partial charge on any atom is 0.222 e. The first kappa shape index (κ1) is 14.1. The van der Waals surface area contributed by atoms with Crippen molar-refractivity contribution < 1.29 is 4.74 Å². The summed E-state index contributed by atoms with van der Waals surface area (Å²) in [5.41, 5.74) is 6.80. The summed E-state index contributed by atoms with van der Waals surface area (Å²) >= 11 is 0. The van der Waals surface area contributed by atoms with Crippen LogP contribution in [0.1, 0.15) is 57.3 Å². The molecule has 19 heavy (non-hydrogen) atoms. The van der Waals surface area contributed by atoms with Crippen LogP contribution in [0.5, 0.6) is 5.88 Å². The fourth-order valence-electron chi connectivity index (χ4n) is 2.71. The number of nitrogens with zero attached hydrogens (tertiary/aromatic N) is 2. The largest absolute Gasteiger partial charge is 0.474 e. The molecule has 1 fully saturated rings. The summed E-state index contributed by atoms with van der Waals surface area (Å²) in [6.45, 7) is 6.22. The zero-order valence-electron chi connectivity index (χ0n) is 12.3. The van der Waals surface area contributed by atoms with Crippen molar-refractivity contribution in [1.29, 1.82) is 0 Å². The van der Waals surface area contributed by atoms with Crippen LogP contribution in [0, 0.1) is 12.8 Å². The maximum atomic E-state index is 6.11. The predicted octanol–water partition coefficient (Wildman–Crippen LogP) is 3.28. The molecule has 0 spiro atoms. The fourth-order valence-corrected chi connectivity index (χ4v) is 2.71. The Bertz CT molecular complexity index is 434. The molecule has 0 saturated heterocycles. The second-order valence-electron chi connectivity index (χ2n) is 5.49. The van der Waals surface area contributed by atoms with Crippen LogP contribution in [0.15, 0.2) is 0 Å². The van der Waals surface area contributed by atoms with Crippen LogP contribution in [-0.4, -0.2) is 16.1 Å². The van der Waals surface area contributed by atoms with Gasteiger partial charge in [-0.1, -0.05) is 26.7 Å². The Morgan fingerprint density at radius 3 is 2.74 bits per heavy atom. The van der Waals surface area contributed by atoms with Crippen molar-refractivity contribution in [2.24, 2.45) is 5.92 Å². The lowest BCUT2D eigenvalue weighted by molar-refractivity contribution is 0.116. The van der Waals surface area contributed by atoms with Gasteiger partial charge in [-0.3, -0.25) is 0 Å². The van der Waals surface area contributed by atoms with Crippen molar-refractivity contribution in [2.75, 3.05) is 5.73 Å². The van der Waals surface area contributed by atoms with Crippen molar-refractivity contribution in [3.8, 4) is 5.88 Å². The third kappa shape index (κ3) is 3.37. The van der Waals surface area contributed by atoms with Crippen molar-refractivity contribution in [3.63, 3.8) is 0 Å². The standard InChI is InChI=1S/C15H25N3O/c1-4-11-7-6-8-12(9-11)19-15-10(3)14(16)17-13(5-2)18-15/h11-12H,4-9H2,1-3H3,(H2,16,17,18). The first-order valence-corrected chi connectivity index (χ1v) is 7.43. The van der Waals surface area contributed by atoms with Crippen LogP contribution >= 0.6 is 0 Å². The number of aryl methyl sites for hydroxylation is 1. The number of nitrogen functional groups attached to an aromatic ring is 1. The molecule has 0 amide bonds. The van der Waals surface area contributed by atoms with Gasteiger partial charge in [-0.2, -0.15) is 4.98 Å². The molecule has 4 heteroatoms. The van der Waals surface area contributed by atoms with E-state index in [1.807, 2.05) is 13.8 Å². The molecule has 4 nitrogen and oxygen atoms in total. The van der Waals surface area contributed by atoms with Gasteiger partial charge in [0.05, 0.1) is 5.56 Å². The molecule has 1 aromatic rings. The quantitative estimate of drug-likeness (QED) is 0.905. The van der Waals surface area contributed by atoms with Crippen LogP contribution in [0.2, 0.25) is 0 Å². The number of nitrogens with two attached hydrogens (primary N) is 1. The van der Waals surface area contributed by atoms with Gasteiger partial charge in [0.2, 0.25) is 5.88 Å². The zero-order chi connectivity index (χ0) is 13.8. The Balaban J connectivity index is 2.11. The maximum absolute atomic E-state index is 6.11. The molecular weight excluding hydrogens is 238 g/mol. The average Bonchev–Trinajstić information content (AvgIpc) is 2.43. The lowest BCUT2D eigenvalue weighted by Gasteiger charge is -2.29. The molecule has 0 aromatic carbocycles. The Labute approximate surface area is 115 Å². The normalized spacial score (nSPS) is 23.3. The molecule has 1 heterocycles. The highest BCUT2D eigenvalue weighted by Crippen LogP contribution is 2.30. The molecule has 2 unspecified atom stereocenters. The SMILES string of the molecule is CCc1nc(N)c(C)c(OC2CCCC(CC)C2)n1. The highest BCUT2D eigenvalue weighted by Gasteiger charge is 2.23. The Hall–Kier alpha value is -1.32. The van der Waals surface area contributed by atoms with Crippen molar-refractivity contribution in [3.05, 3.63) is 11.4 Å². The molecular formula is C15H25N3O. The van der Waals surface area contributed by atoms with Crippen LogP contribution in [0.4, 0.5) is 5.82 Å². The van der Waals surface area contributed by atoms with Gasteiger partial charge in [0, 0.05) is 6.42 Å². The molecule has 2 rings (SSSR count). The minimum Gasteiger partial charge on any atom is -0.474 e. The Kier molecular flexibility index (Phi) is 4.61. The molecule has 1 aliphatic rings. The van der Waals surface area contributed by atoms with E-state index in [0.717, 1.165) is 36.6 Å². The van der Waals surface area contributed by atoms with E-state index < -0.39 is 0 Å². The number of aromatic nitrogens is 2. The molecule has 2 atom stereocenters. The van der Waals surface area contributed by atoms with Gasteiger partial charge >= 0.3 is 0 Å². The van der Waals surface area contributed by atoms with Gasteiger partial charge in [0.25, 0.3) is 0 Å². The van der Waals surface area contributed by atoms with Crippen molar-refractivity contribution in [2.45, 2.75) is 65.4 Å². The molecule has 0 bridgehead atoms. The van der Waals surface area contributed by atoms with Gasteiger partial charge in [-0.25, -0.2) is 4.98 Å². The van der Waals surface area contributed by atoms with Crippen molar-refractivity contribution >= 4 is 5.82 Å². The summed E-state index contributed by atoms with van der Waals surface area (Å²) in [6, 6.07) is 0. The van der Waals surface area contributed by atoms with Gasteiger partial charge < -0.3 is 10.5 Å². The zero-order valence-corrected chi connectivity index (χ0v) is 12.3. The monoisotopic (exact) mass is 263 g/mol. The molecule has 1 saturated carbocycles. The third-order valence-electron chi connectivity index (χ3n) is 4.09. The van der Waals surface area contributed by atoms with E-state index in [1.54, 1.807) is 0 Å². The lowest BCUT2D eigenvalue weighted by atomic mass is 9.85.